The van der Waals surface area contributed by atoms with Crippen molar-refractivity contribution in [1.82, 2.24) is 4.98 Å². The molecule has 5 nitrogen and oxygen atoms in total. The third kappa shape index (κ3) is 3.52. The van der Waals surface area contributed by atoms with Gasteiger partial charge < -0.3 is 0 Å². The molecule has 1 aromatic heterocycles. The van der Waals surface area contributed by atoms with E-state index in [9.17, 15) is 13.2 Å². The van der Waals surface area contributed by atoms with Gasteiger partial charge in [-0.1, -0.05) is 42.5 Å². The second-order valence-corrected chi connectivity index (χ2v) is 7.63. The van der Waals surface area contributed by atoms with E-state index in [-0.39, 0.29) is 10.7 Å². The van der Waals surface area contributed by atoms with Crippen LogP contribution in [0, 0.1) is 0 Å². The number of hydrogen-bond donors (Lipinski definition) is 1. The lowest BCUT2D eigenvalue weighted by atomic mass is 10.2. The topological polar surface area (TPSA) is 76.1 Å². The first-order valence-corrected chi connectivity index (χ1v) is 9.47. The Morgan fingerprint density at radius 1 is 1.04 bits per heavy atom. The molecule has 0 spiro atoms. The summed E-state index contributed by atoms with van der Waals surface area (Å²) in [5, 5.41) is 2.09. The Bertz CT molecular complexity index is 963. The molecule has 0 aliphatic rings. The third-order valence-electron chi connectivity index (χ3n) is 3.37. The van der Waals surface area contributed by atoms with Crippen LogP contribution in [0.2, 0.25) is 0 Å². The number of thiazole rings is 1. The van der Waals surface area contributed by atoms with Crippen LogP contribution in [0.25, 0.3) is 11.3 Å². The maximum atomic E-state index is 12.4. The first-order valence-electron chi connectivity index (χ1n) is 7.10. The Labute approximate surface area is 144 Å². The lowest BCUT2D eigenvalue weighted by molar-refractivity contribution is 0.101. The molecule has 1 N–H and O–H groups in total. The highest BCUT2D eigenvalue weighted by Crippen LogP contribution is 2.26. The molecular formula is C17H14N2O3S2. The number of carbonyl (C=O) groups is 1. The Morgan fingerprint density at radius 2 is 1.71 bits per heavy atom. The van der Waals surface area contributed by atoms with Gasteiger partial charge in [-0.2, -0.15) is 0 Å². The lowest BCUT2D eigenvalue weighted by Gasteiger charge is -2.05. The monoisotopic (exact) mass is 358 g/mol. The summed E-state index contributed by atoms with van der Waals surface area (Å²) in [7, 11) is -3.74. The van der Waals surface area contributed by atoms with Crippen molar-refractivity contribution in [3.8, 4) is 11.3 Å². The van der Waals surface area contributed by atoms with E-state index in [1.54, 1.807) is 5.38 Å². The fourth-order valence-electron chi connectivity index (χ4n) is 2.10. The highest BCUT2D eigenvalue weighted by molar-refractivity contribution is 7.93. The third-order valence-corrected chi connectivity index (χ3v) is 5.61. The molecule has 0 radical (unpaired) electrons. The molecule has 0 aliphatic carbocycles. The van der Waals surface area contributed by atoms with Gasteiger partial charge in [0.15, 0.2) is 10.9 Å². The van der Waals surface area contributed by atoms with Crippen molar-refractivity contribution in [2.75, 3.05) is 4.72 Å². The summed E-state index contributed by atoms with van der Waals surface area (Å²) >= 11 is 1.22. The maximum Gasteiger partial charge on any atom is 0.263 e. The first-order chi connectivity index (χ1) is 11.5. The number of benzene rings is 2. The van der Waals surface area contributed by atoms with E-state index in [0.29, 0.717) is 16.4 Å². The van der Waals surface area contributed by atoms with Gasteiger partial charge in [-0.05, 0) is 19.1 Å². The number of nitrogens with zero attached hydrogens (tertiary/aromatic N) is 1. The van der Waals surface area contributed by atoms with E-state index < -0.39 is 10.0 Å². The highest BCUT2D eigenvalue weighted by atomic mass is 32.2. The summed E-state index contributed by atoms with van der Waals surface area (Å²) in [5.41, 5.74) is 2.10. The quantitative estimate of drug-likeness (QED) is 0.704. The Morgan fingerprint density at radius 3 is 2.33 bits per heavy atom. The Kier molecular flexibility index (Phi) is 4.46. The zero-order valence-corrected chi connectivity index (χ0v) is 14.4. The predicted molar refractivity (Wildman–Crippen MR) is 94.8 cm³/mol. The van der Waals surface area contributed by atoms with E-state index in [2.05, 4.69) is 9.71 Å². The van der Waals surface area contributed by atoms with Gasteiger partial charge in [0.2, 0.25) is 0 Å². The van der Waals surface area contributed by atoms with Crippen molar-refractivity contribution in [3.05, 3.63) is 65.5 Å². The number of aromatic nitrogens is 1. The van der Waals surface area contributed by atoms with Gasteiger partial charge in [-0.25, -0.2) is 13.4 Å². The van der Waals surface area contributed by atoms with Crippen molar-refractivity contribution in [2.45, 2.75) is 11.8 Å². The molecule has 7 heteroatoms. The number of ketones is 1. The molecule has 0 aliphatic heterocycles. The van der Waals surface area contributed by atoms with Gasteiger partial charge >= 0.3 is 0 Å². The summed E-state index contributed by atoms with van der Waals surface area (Å²) < 4.78 is 27.3. The minimum absolute atomic E-state index is 0.0870. The smallest absolute Gasteiger partial charge is 0.263 e. The molecule has 2 aromatic carbocycles. The fraction of sp³-hybridized carbons (Fsp3) is 0.0588. The molecule has 0 bridgehead atoms. The second kappa shape index (κ2) is 6.54. The van der Waals surface area contributed by atoms with Crippen molar-refractivity contribution in [3.63, 3.8) is 0 Å². The minimum atomic E-state index is -3.74. The Balaban J connectivity index is 1.82. The van der Waals surface area contributed by atoms with Crippen LogP contribution in [0.1, 0.15) is 17.3 Å². The van der Waals surface area contributed by atoms with Crippen LogP contribution in [0.5, 0.6) is 0 Å². The van der Waals surface area contributed by atoms with Crippen molar-refractivity contribution < 1.29 is 13.2 Å². The van der Waals surface area contributed by atoms with Gasteiger partial charge in [-0.3, -0.25) is 9.52 Å². The normalized spacial score (nSPS) is 11.2. The number of rotatable bonds is 5. The van der Waals surface area contributed by atoms with Crippen LogP contribution in [-0.2, 0) is 10.0 Å². The molecule has 0 amide bonds. The number of anilines is 1. The van der Waals surface area contributed by atoms with Crippen LogP contribution in [-0.4, -0.2) is 19.2 Å². The van der Waals surface area contributed by atoms with Gasteiger partial charge in [-0.15, -0.1) is 11.3 Å². The molecule has 3 rings (SSSR count). The largest absolute Gasteiger partial charge is 0.295 e. The van der Waals surface area contributed by atoms with E-state index in [1.807, 2.05) is 30.3 Å². The average Bonchev–Trinajstić information content (AvgIpc) is 3.03. The lowest BCUT2D eigenvalue weighted by Crippen LogP contribution is -2.13. The minimum Gasteiger partial charge on any atom is -0.295 e. The maximum absolute atomic E-state index is 12.4. The summed E-state index contributed by atoms with van der Waals surface area (Å²) in [4.78, 5) is 15.7. The number of sulfonamides is 1. The number of hydrogen-bond acceptors (Lipinski definition) is 5. The predicted octanol–water partition coefficient (Wildman–Crippen LogP) is 3.81. The zero-order valence-electron chi connectivity index (χ0n) is 12.8. The zero-order chi connectivity index (χ0) is 17.2. The van der Waals surface area contributed by atoms with Crippen molar-refractivity contribution >= 4 is 32.3 Å². The van der Waals surface area contributed by atoms with Crippen molar-refractivity contribution in [1.29, 1.82) is 0 Å². The first kappa shape index (κ1) is 16.4. The van der Waals surface area contributed by atoms with E-state index in [0.717, 1.165) is 5.56 Å². The summed E-state index contributed by atoms with van der Waals surface area (Å²) in [6.45, 7) is 1.43. The van der Waals surface area contributed by atoms with Crippen LogP contribution in [0.15, 0.2) is 64.9 Å². The molecule has 122 valence electrons. The van der Waals surface area contributed by atoms with Crippen LogP contribution in [0.4, 0.5) is 5.13 Å². The molecule has 0 saturated carbocycles. The Hall–Kier alpha value is -2.51. The van der Waals surface area contributed by atoms with Crippen molar-refractivity contribution in [2.24, 2.45) is 0 Å². The van der Waals surface area contributed by atoms with Crippen LogP contribution in [0.3, 0.4) is 0 Å². The SMILES string of the molecule is CC(=O)c1ccc(S(=O)(=O)Nc2nc(-c3ccccc3)cs2)cc1. The van der Waals surface area contributed by atoms with Gasteiger partial charge in [0, 0.05) is 16.5 Å². The molecule has 3 aromatic rings. The molecule has 0 unspecified atom stereocenters. The average molecular weight is 358 g/mol. The van der Waals surface area contributed by atoms with Gasteiger partial charge in [0.05, 0.1) is 10.6 Å². The molecular weight excluding hydrogens is 344 g/mol. The highest BCUT2D eigenvalue weighted by Gasteiger charge is 2.16. The van der Waals surface area contributed by atoms with Gasteiger partial charge in [0.25, 0.3) is 10.0 Å². The van der Waals surface area contributed by atoms with Crippen LogP contribution >= 0.6 is 11.3 Å². The summed E-state index contributed by atoms with van der Waals surface area (Å²) in [6, 6.07) is 15.3. The molecule has 0 fully saturated rings. The number of Topliss-reactive ketones (excluding diaryl/α,β-unsaturated/α-hetero) is 1. The summed E-state index contributed by atoms with van der Waals surface area (Å²) in [5.74, 6) is -0.112. The number of nitrogens with one attached hydrogen (secondary N) is 1. The summed E-state index contributed by atoms with van der Waals surface area (Å²) in [6.07, 6.45) is 0. The second-order valence-electron chi connectivity index (χ2n) is 5.09. The van der Waals surface area contributed by atoms with Crippen LogP contribution < -0.4 is 4.72 Å². The van der Waals surface area contributed by atoms with E-state index >= 15 is 0 Å². The van der Waals surface area contributed by atoms with E-state index in [4.69, 9.17) is 0 Å². The fourth-order valence-corrected chi connectivity index (χ4v) is 4.08. The molecule has 0 atom stereocenters. The number of carbonyl (C=O) groups excluding carboxylic acids is 1. The standard InChI is InChI=1S/C17H14N2O3S2/c1-12(20)13-7-9-15(10-8-13)24(21,22)19-17-18-16(11-23-17)14-5-3-2-4-6-14/h2-11H,1H3,(H,18,19). The van der Waals surface area contributed by atoms with Gasteiger partial charge in [0.1, 0.15) is 0 Å². The molecule has 24 heavy (non-hydrogen) atoms. The molecule has 1 heterocycles. The van der Waals surface area contributed by atoms with E-state index in [1.165, 1.54) is 42.5 Å². The molecule has 0 saturated heterocycles.